The summed E-state index contributed by atoms with van der Waals surface area (Å²) in [6.07, 6.45) is 2.18. The van der Waals surface area contributed by atoms with Crippen molar-refractivity contribution in [2.75, 3.05) is 19.8 Å². The van der Waals surface area contributed by atoms with E-state index < -0.39 is 5.54 Å². The largest absolute Gasteiger partial charge is 0.394 e. The first-order valence-electron chi connectivity index (χ1n) is 10.3. The van der Waals surface area contributed by atoms with Crippen molar-refractivity contribution in [1.82, 2.24) is 15.0 Å². The van der Waals surface area contributed by atoms with Gasteiger partial charge in [-0.1, -0.05) is 42.8 Å². The molecule has 4 rings (SSSR count). The Bertz CT molecular complexity index is 996. The smallest absolute Gasteiger partial charge is 0.258 e. The minimum absolute atomic E-state index is 0.257. The molecular weight excluding hydrogens is 380 g/mol. The molecule has 3 aromatic rings. The minimum atomic E-state index is -1.000. The second kappa shape index (κ2) is 8.65. The van der Waals surface area contributed by atoms with Crippen LogP contribution in [0.1, 0.15) is 30.0 Å². The topological polar surface area (TPSA) is 109 Å². The van der Waals surface area contributed by atoms with E-state index in [1.54, 1.807) is 0 Å². The number of nitrogens with zero attached hydrogens (tertiary/aromatic N) is 3. The Kier molecular flexibility index (Phi) is 5.97. The molecule has 1 aliphatic heterocycles. The van der Waals surface area contributed by atoms with Gasteiger partial charge in [-0.3, -0.25) is 4.90 Å². The van der Waals surface area contributed by atoms with Crippen molar-refractivity contribution < 1.29 is 14.7 Å². The first-order chi connectivity index (χ1) is 14.5. The van der Waals surface area contributed by atoms with E-state index in [1.807, 2.05) is 18.2 Å². The molecule has 2 heterocycles. The second-order valence-corrected chi connectivity index (χ2v) is 8.18. The second-order valence-electron chi connectivity index (χ2n) is 8.18. The molecule has 0 aliphatic carbocycles. The van der Waals surface area contributed by atoms with Crippen LogP contribution in [0.5, 0.6) is 0 Å². The molecule has 0 amide bonds. The summed E-state index contributed by atoms with van der Waals surface area (Å²) in [5.41, 5.74) is 10.5. The average molecular weight is 409 g/mol. The van der Waals surface area contributed by atoms with E-state index in [-0.39, 0.29) is 13.2 Å². The summed E-state index contributed by atoms with van der Waals surface area (Å²) in [7, 11) is 0. The highest BCUT2D eigenvalue weighted by atomic mass is 16.5. The van der Waals surface area contributed by atoms with Gasteiger partial charge in [0.15, 0.2) is 0 Å². The summed E-state index contributed by atoms with van der Waals surface area (Å²) in [4.78, 5) is 6.70. The standard InChI is InChI=1S/C23H28N4O3/c1-2-3-16-4-6-17(7-5-16)22-25-21(26-30-22)18-8-9-19-11-27(12-20(19)10-18)13-23(24,14-28)15-29/h4-10,28-29H,2-3,11-15,24H2,1H3. The molecule has 7 nitrogen and oxygen atoms in total. The van der Waals surface area contributed by atoms with Crippen molar-refractivity contribution in [3.63, 3.8) is 0 Å². The van der Waals surface area contributed by atoms with Crippen LogP contribution in [0.4, 0.5) is 0 Å². The maximum atomic E-state index is 9.45. The molecular formula is C23H28N4O3. The third-order valence-corrected chi connectivity index (χ3v) is 5.59. The minimum Gasteiger partial charge on any atom is -0.394 e. The zero-order valence-corrected chi connectivity index (χ0v) is 17.2. The summed E-state index contributed by atoms with van der Waals surface area (Å²) in [5.74, 6) is 1.07. The Morgan fingerprint density at radius 3 is 2.43 bits per heavy atom. The van der Waals surface area contributed by atoms with E-state index in [0.29, 0.717) is 24.8 Å². The van der Waals surface area contributed by atoms with Gasteiger partial charge >= 0.3 is 0 Å². The number of aromatic nitrogens is 2. The van der Waals surface area contributed by atoms with Gasteiger partial charge in [-0.05, 0) is 41.3 Å². The van der Waals surface area contributed by atoms with Crippen LogP contribution in [0.3, 0.4) is 0 Å². The van der Waals surface area contributed by atoms with Crippen LogP contribution in [0.25, 0.3) is 22.8 Å². The number of hydrogen-bond donors (Lipinski definition) is 3. The fourth-order valence-electron chi connectivity index (χ4n) is 3.87. The number of fused-ring (bicyclic) bond motifs is 1. The van der Waals surface area contributed by atoms with E-state index >= 15 is 0 Å². The Morgan fingerprint density at radius 2 is 1.73 bits per heavy atom. The summed E-state index contributed by atoms with van der Waals surface area (Å²) in [5, 5.41) is 23.1. The van der Waals surface area contributed by atoms with Gasteiger partial charge in [0.1, 0.15) is 0 Å². The molecule has 158 valence electrons. The van der Waals surface area contributed by atoms with E-state index in [4.69, 9.17) is 10.3 Å². The highest BCUT2D eigenvalue weighted by Crippen LogP contribution is 2.29. The summed E-state index contributed by atoms with van der Waals surface area (Å²) in [6, 6.07) is 14.4. The Morgan fingerprint density at radius 1 is 1.03 bits per heavy atom. The maximum Gasteiger partial charge on any atom is 0.258 e. The molecule has 0 radical (unpaired) electrons. The van der Waals surface area contributed by atoms with Gasteiger partial charge in [-0.25, -0.2) is 0 Å². The Labute approximate surface area is 176 Å². The lowest BCUT2D eigenvalue weighted by atomic mass is 10.0. The SMILES string of the molecule is CCCc1ccc(-c2nc(-c3ccc4c(c3)CN(CC(N)(CO)CO)C4)no2)cc1. The maximum absolute atomic E-state index is 9.45. The summed E-state index contributed by atoms with van der Waals surface area (Å²) < 4.78 is 5.50. The van der Waals surface area contributed by atoms with Crippen LogP contribution in [0.15, 0.2) is 47.0 Å². The van der Waals surface area contributed by atoms with Crippen LogP contribution in [0.2, 0.25) is 0 Å². The number of aliphatic hydroxyl groups excluding tert-OH is 2. The van der Waals surface area contributed by atoms with Crippen LogP contribution >= 0.6 is 0 Å². The number of aryl methyl sites for hydroxylation is 1. The third-order valence-electron chi connectivity index (χ3n) is 5.59. The van der Waals surface area contributed by atoms with E-state index in [0.717, 1.165) is 30.5 Å². The van der Waals surface area contributed by atoms with Gasteiger partial charge in [-0.2, -0.15) is 4.98 Å². The number of aliphatic hydroxyl groups is 2. The predicted molar refractivity (Wildman–Crippen MR) is 114 cm³/mol. The highest BCUT2D eigenvalue weighted by molar-refractivity contribution is 5.61. The normalized spacial score (nSPS) is 14.3. The van der Waals surface area contributed by atoms with Gasteiger partial charge in [0.25, 0.3) is 5.89 Å². The van der Waals surface area contributed by atoms with E-state index in [2.05, 4.69) is 46.2 Å². The number of nitrogens with two attached hydrogens (primary N) is 1. The zero-order valence-electron chi connectivity index (χ0n) is 17.2. The number of hydrogen-bond acceptors (Lipinski definition) is 7. The molecule has 0 fully saturated rings. The monoisotopic (exact) mass is 408 g/mol. The average Bonchev–Trinajstić information content (AvgIpc) is 3.40. The van der Waals surface area contributed by atoms with E-state index in [1.165, 1.54) is 16.7 Å². The quantitative estimate of drug-likeness (QED) is 0.525. The molecule has 7 heteroatoms. The molecule has 0 bridgehead atoms. The van der Waals surface area contributed by atoms with Crippen LogP contribution < -0.4 is 5.73 Å². The van der Waals surface area contributed by atoms with Crippen molar-refractivity contribution in [2.45, 2.75) is 38.4 Å². The van der Waals surface area contributed by atoms with Gasteiger partial charge in [0.05, 0.1) is 18.8 Å². The number of benzene rings is 2. The summed E-state index contributed by atoms with van der Waals surface area (Å²) in [6.45, 7) is 3.51. The molecule has 0 saturated heterocycles. The summed E-state index contributed by atoms with van der Waals surface area (Å²) >= 11 is 0. The molecule has 0 spiro atoms. The fourth-order valence-corrected chi connectivity index (χ4v) is 3.87. The first kappa shape index (κ1) is 20.7. The van der Waals surface area contributed by atoms with Crippen LogP contribution in [-0.4, -0.2) is 50.6 Å². The van der Waals surface area contributed by atoms with Gasteiger partial charge in [-0.15, -0.1) is 0 Å². The van der Waals surface area contributed by atoms with Gasteiger partial charge in [0, 0.05) is 30.8 Å². The van der Waals surface area contributed by atoms with Crippen molar-refractivity contribution in [3.8, 4) is 22.8 Å². The predicted octanol–water partition coefficient (Wildman–Crippen LogP) is 2.35. The lowest BCUT2D eigenvalue weighted by Crippen LogP contribution is -2.54. The first-order valence-corrected chi connectivity index (χ1v) is 10.3. The molecule has 1 aliphatic rings. The van der Waals surface area contributed by atoms with Gasteiger partial charge < -0.3 is 20.5 Å². The number of rotatable bonds is 8. The molecule has 4 N–H and O–H groups in total. The van der Waals surface area contributed by atoms with E-state index in [9.17, 15) is 10.2 Å². The molecule has 30 heavy (non-hydrogen) atoms. The van der Waals surface area contributed by atoms with Crippen LogP contribution in [-0.2, 0) is 19.5 Å². The molecule has 1 aromatic heterocycles. The van der Waals surface area contributed by atoms with Crippen molar-refractivity contribution in [3.05, 3.63) is 59.2 Å². The molecule has 0 saturated carbocycles. The molecule has 0 unspecified atom stereocenters. The van der Waals surface area contributed by atoms with Crippen molar-refractivity contribution in [2.24, 2.45) is 5.73 Å². The van der Waals surface area contributed by atoms with Gasteiger partial charge in [0.2, 0.25) is 5.82 Å². The third kappa shape index (κ3) is 4.29. The fraction of sp³-hybridized carbons (Fsp3) is 0.391. The lowest BCUT2D eigenvalue weighted by molar-refractivity contribution is 0.0823. The lowest BCUT2D eigenvalue weighted by Gasteiger charge is -2.29. The highest BCUT2D eigenvalue weighted by Gasteiger charge is 2.30. The molecule has 2 aromatic carbocycles. The Hall–Kier alpha value is -2.58. The zero-order chi connectivity index (χ0) is 21.1. The van der Waals surface area contributed by atoms with Crippen molar-refractivity contribution in [1.29, 1.82) is 0 Å². The Balaban J connectivity index is 1.49. The van der Waals surface area contributed by atoms with Crippen LogP contribution in [0, 0.1) is 0 Å². The molecule has 0 atom stereocenters. The van der Waals surface area contributed by atoms with Crippen molar-refractivity contribution >= 4 is 0 Å².